The number of anilines is 2. The van der Waals surface area contributed by atoms with Crippen molar-refractivity contribution in [2.75, 3.05) is 50.0 Å². The lowest BCUT2D eigenvalue weighted by molar-refractivity contribution is -0.274. The van der Waals surface area contributed by atoms with Gasteiger partial charge in [0.1, 0.15) is 29.9 Å². The number of alkyl halides is 3. The third-order valence-electron chi connectivity index (χ3n) is 13.3. The standard InChI is InChI=1S/C51H59BrF3N7O7/c1-32-23-45(44(26-43(32)52)58-49(65)59-46-28-56-33(2)27-57-46)68-30-38-29-61(21-22-67-38)47(63)13-8-6-5-7-9-20-62(48(64)34-15-18-37(19-16-34)69-51(53,54)55)31-50(3,4)42-24-35-14-17-36(60-66)25-41(35)39-11-10-12-40(39)42/h10-11,14-19,23,25-28,38-40,42H,5-9,12-13,20-22,24,29-31H2,1-4H3,(H2,57,58,59,65)/t38-,39?,40?,42?/m0/s1. The fourth-order valence-corrected chi connectivity index (χ4v) is 10.1. The van der Waals surface area contributed by atoms with E-state index < -0.39 is 18.1 Å². The number of fused-ring (bicyclic) bond motifs is 3. The number of allylic oxidation sites excluding steroid dienone is 2. The van der Waals surface area contributed by atoms with E-state index in [1.165, 1.54) is 23.9 Å². The summed E-state index contributed by atoms with van der Waals surface area (Å²) in [5, 5.41) is 8.65. The van der Waals surface area contributed by atoms with Gasteiger partial charge in [-0.2, -0.15) is 0 Å². The van der Waals surface area contributed by atoms with Crippen LogP contribution in [0.15, 0.2) is 88.8 Å². The Morgan fingerprint density at radius 1 is 0.971 bits per heavy atom. The number of hydrogen-bond donors (Lipinski definition) is 2. The molecule has 4 aromatic rings. The molecule has 14 nitrogen and oxygen atoms in total. The van der Waals surface area contributed by atoms with Gasteiger partial charge in [0.15, 0.2) is 5.82 Å². The van der Waals surface area contributed by atoms with E-state index in [1.54, 1.807) is 30.2 Å². The van der Waals surface area contributed by atoms with Gasteiger partial charge in [-0.1, -0.05) is 67.3 Å². The maximum Gasteiger partial charge on any atom is 0.573 e. The zero-order valence-corrected chi connectivity index (χ0v) is 40.9. The highest BCUT2D eigenvalue weighted by Gasteiger charge is 2.45. The predicted octanol–water partition coefficient (Wildman–Crippen LogP) is 11.4. The van der Waals surface area contributed by atoms with Crippen LogP contribution in [0, 0.1) is 36.0 Å². The summed E-state index contributed by atoms with van der Waals surface area (Å²) in [4.78, 5) is 63.7. The molecule has 69 heavy (non-hydrogen) atoms. The molecule has 0 radical (unpaired) electrons. The SMILES string of the molecule is Cc1cnc(NC(=O)Nc2cc(Br)c(C)cc2OC[C@@H]2CN(C(=O)CCCCCCCN(CC(C)(C)C3Cc4ccc(N=O)cc4C4C=CCC43)C(=O)c3ccc(OC(F)(F)F)cc3)CCO2)cn1. The number of unbranched alkanes of at least 4 members (excludes halogenated alkanes) is 4. The summed E-state index contributed by atoms with van der Waals surface area (Å²) in [6, 6.07) is 13.8. The van der Waals surface area contributed by atoms with E-state index in [1.807, 2.05) is 30.0 Å². The summed E-state index contributed by atoms with van der Waals surface area (Å²) in [6.45, 7) is 10.3. The normalized spacial score (nSPS) is 18.8. The number of benzene rings is 3. The first-order valence-electron chi connectivity index (χ1n) is 23.4. The molecule has 1 saturated heterocycles. The number of rotatable bonds is 19. The van der Waals surface area contributed by atoms with E-state index in [2.05, 4.69) is 72.4 Å². The van der Waals surface area contributed by atoms with Crippen LogP contribution in [0.4, 0.5) is 35.2 Å². The number of aromatic nitrogens is 2. The molecular formula is C51H59BrF3N7O7. The Balaban J connectivity index is 0.895. The number of halogens is 4. The van der Waals surface area contributed by atoms with Crippen molar-refractivity contribution in [1.82, 2.24) is 19.8 Å². The molecule has 0 bridgehead atoms. The first kappa shape index (κ1) is 51.0. The van der Waals surface area contributed by atoms with Crippen LogP contribution in [-0.2, 0) is 16.0 Å². The van der Waals surface area contributed by atoms with E-state index in [0.717, 1.165) is 65.5 Å². The summed E-state index contributed by atoms with van der Waals surface area (Å²) >= 11 is 3.53. The molecule has 3 aliphatic rings. The number of aryl methyl sites for hydroxylation is 2. The fraction of sp³-hybridized carbons (Fsp3) is 0.471. The minimum absolute atomic E-state index is 0.0394. The molecule has 18 heteroatoms. The first-order valence-corrected chi connectivity index (χ1v) is 24.2. The van der Waals surface area contributed by atoms with Crippen molar-refractivity contribution < 1.29 is 41.8 Å². The Hall–Kier alpha value is -5.88. The molecule has 1 fully saturated rings. The van der Waals surface area contributed by atoms with E-state index in [-0.39, 0.29) is 53.3 Å². The number of ether oxygens (including phenoxy) is 3. The molecule has 2 heterocycles. The van der Waals surface area contributed by atoms with Crippen molar-refractivity contribution in [2.24, 2.45) is 22.4 Å². The van der Waals surface area contributed by atoms with Crippen molar-refractivity contribution in [3.8, 4) is 11.5 Å². The van der Waals surface area contributed by atoms with Crippen LogP contribution >= 0.6 is 15.9 Å². The van der Waals surface area contributed by atoms with Gasteiger partial charge in [-0.3, -0.25) is 19.9 Å². The average Bonchev–Trinajstić information content (AvgIpc) is 3.82. The van der Waals surface area contributed by atoms with Crippen LogP contribution in [0.2, 0.25) is 0 Å². The molecule has 7 rings (SSSR count). The zero-order valence-electron chi connectivity index (χ0n) is 39.3. The van der Waals surface area contributed by atoms with Gasteiger partial charge >= 0.3 is 12.4 Å². The number of nitrogens with one attached hydrogen (secondary N) is 2. The minimum Gasteiger partial charge on any atom is -0.489 e. The number of urea groups is 1. The predicted molar refractivity (Wildman–Crippen MR) is 260 cm³/mol. The van der Waals surface area contributed by atoms with Gasteiger partial charge in [0.25, 0.3) is 5.91 Å². The highest BCUT2D eigenvalue weighted by Crippen LogP contribution is 2.52. The molecule has 0 spiro atoms. The summed E-state index contributed by atoms with van der Waals surface area (Å²) < 4.78 is 55.8. The van der Waals surface area contributed by atoms with Crippen LogP contribution in [0.1, 0.15) is 97.5 Å². The van der Waals surface area contributed by atoms with Crippen LogP contribution in [0.3, 0.4) is 0 Å². The van der Waals surface area contributed by atoms with E-state index >= 15 is 0 Å². The maximum atomic E-state index is 14.2. The van der Waals surface area contributed by atoms with Gasteiger partial charge in [-0.05, 0) is 127 Å². The Morgan fingerprint density at radius 2 is 1.74 bits per heavy atom. The van der Waals surface area contributed by atoms with E-state index in [9.17, 15) is 32.5 Å². The van der Waals surface area contributed by atoms with E-state index in [4.69, 9.17) is 9.47 Å². The Kier molecular flexibility index (Phi) is 16.8. The van der Waals surface area contributed by atoms with Gasteiger partial charge in [0, 0.05) is 42.0 Å². The first-order chi connectivity index (χ1) is 33.0. The fourth-order valence-electron chi connectivity index (χ4n) is 9.74. The molecular weight excluding hydrogens is 960 g/mol. The smallest absolute Gasteiger partial charge is 0.489 e. The lowest BCUT2D eigenvalue weighted by Crippen LogP contribution is -2.47. The second-order valence-electron chi connectivity index (χ2n) is 18.8. The zero-order chi connectivity index (χ0) is 49.3. The van der Waals surface area contributed by atoms with Crippen LogP contribution in [0.25, 0.3) is 0 Å². The molecule has 2 N–H and O–H groups in total. The lowest BCUT2D eigenvalue weighted by atomic mass is 9.60. The summed E-state index contributed by atoms with van der Waals surface area (Å²) in [6.07, 6.45) is 8.17. The molecule has 1 aromatic heterocycles. The summed E-state index contributed by atoms with van der Waals surface area (Å²) in [5.41, 5.74) is 4.70. The monoisotopic (exact) mass is 1020 g/mol. The molecule has 4 atom stereocenters. The third kappa shape index (κ3) is 13.7. The highest BCUT2D eigenvalue weighted by molar-refractivity contribution is 9.10. The van der Waals surface area contributed by atoms with Gasteiger partial charge in [0.05, 0.1) is 36.9 Å². The highest BCUT2D eigenvalue weighted by atomic mass is 79.9. The Labute approximate surface area is 408 Å². The molecule has 2 aliphatic carbocycles. The van der Waals surface area contributed by atoms with Gasteiger partial charge in [0.2, 0.25) is 5.91 Å². The van der Waals surface area contributed by atoms with E-state index in [0.29, 0.717) is 75.0 Å². The third-order valence-corrected chi connectivity index (χ3v) is 14.1. The van der Waals surface area contributed by atoms with Crippen LogP contribution in [-0.4, -0.2) is 89.5 Å². The maximum absolute atomic E-state index is 14.2. The summed E-state index contributed by atoms with van der Waals surface area (Å²) in [7, 11) is 0. The van der Waals surface area contributed by atoms with Crippen molar-refractivity contribution >= 4 is 51.0 Å². The van der Waals surface area contributed by atoms with Crippen molar-refractivity contribution in [2.45, 2.75) is 97.4 Å². The van der Waals surface area contributed by atoms with Crippen molar-refractivity contribution in [1.29, 1.82) is 0 Å². The molecule has 3 aromatic carbocycles. The Bertz CT molecular complexity index is 2490. The molecule has 3 unspecified atom stereocenters. The topological polar surface area (TPSA) is 165 Å². The van der Waals surface area contributed by atoms with Crippen molar-refractivity contribution in [3.05, 3.63) is 116 Å². The quantitative estimate of drug-likeness (QED) is 0.0528. The number of carbonyl (C=O) groups excluding carboxylic acids is 3. The van der Waals surface area contributed by atoms with Crippen molar-refractivity contribution in [3.63, 3.8) is 0 Å². The van der Waals surface area contributed by atoms with Gasteiger partial charge in [-0.15, -0.1) is 18.1 Å². The largest absolute Gasteiger partial charge is 0.573 e. The summed E-state index contributed by atoms with van der Waals surface area (Å²) in [5.74, 6) is 0.756. The van der Waals surface area contributed by atoms with Gasteiger partial charge < -0.3 is 29.3 Å². The molecule has 368 valence electrons. The van der Waals surface area contributed by atoms with Gasteiger partial charge in [-0.25, -0.2) is 9.78 Å². The second kappa shape index (κ2) is 22.7. The minimum atomic E-state index is -4.85. The van der Waals surface area contributed by atoms with Crippen LogP contribution < -0.4 is 20.1 Å². The number of amides is 4. The Morgan fingerprint density at radius 3 is 2.48 bits per heavy atom. The molecule has 0 saturated carbocycles. The number of morpholine rings is 1. The van der Waals surface area contributed by atoms with Crippen LogP contribution in [0.5, 0.6) is 11.5 Å². The second-order valence-corrected chi connectivity index (χ2v) is 19.7. The lowest BCUT2D eigenvalue weighted by Gasteiger charge is -2.46. The molecule has 1 aliphatic heterocycles. The molecule has 4 amide bonds. The number of nitrogens with zero attached hydrogens (tertiary/aromatic N) is 5. The number of carbonyl (C=O) groups is 3. The number of nitroso groups, excluding NO2 is 1. The number of hydrogen-bond acceptors (Lipinski definition) is 10. The average molecular weight is 1020 g/mol.